The van der Waals surface area contributed by atoms with Gasteiger partial charge in [0.05, 0.1) is 24.5 Å². The molecule has 1 aromatic carbocycles. The maximum absolute atomic E-state index is 14.1. The van der Waals surface area contributed by atoms with E-state index in [1.54, 1.807) is 41.3 Å². The molecule has 1 spiro atoms. The molecule has 3 aliphatic rings. The van der Waals surface area contributed by atoms with Crippen LogP contribution >= 0.6 is 11.6 Å². The van der Waals surface area contributed by atoms with Gasteiger partial charge in [0.1, 0.15) is 11.6 Å². The molecule has 2 unspecified atom stereocenters. The Kier molecular flexibility index (Phi) is 7.64. The standard InChI is InChI=1S/C26H31ClN2O6/c1-3-5-16-34-25(33)20-19-11-12-26(35-19)21(20)23(31)29(14-6-15-30)22(26)24(32)28(13-4-2)18-9-7-17(27)8-10-18/h3-4,7-10,19-22,30H,1-2,5-6,11-16H2/t19-,20+,21+,22?,26?/m1/s1. The Bertz CT molecular complexity index is 998. The third-order valence-electron chi connectivity index (χ3n) is 7.15. The highest BCUT2D eigenvalue weighted by Crippen LogP contribution is 2.58. The molecule has 8 nitrogen and oxygen atoms in total. The van der Waals surface area contributed by atoms with Crippen molar-refractivity contribution >= 4 is 35.1 Å². The first-order valence-electron chi connectivity index (χ1n) is 11.9. The molecule has 188 valence electrons. The lowest BCUT2D eigenvalue weighted by Gasteiger charge is -2.36. The van der Waals surface area contributed by atoms with Crippen LogP contribution in [0, 0.1) is 11.8 Å². The first kappa shape index (κ1) is 25.4. The summed E-state index contributed by atoms with van der Waals surface area (Å²) in [7, 11) is 0. The zero-order valence-corrected chi connectivity index (χ0v) is 20.4. The van der Waals surface area contributed by atoms with Crippen LogP contribution in [0.25, 0.3) is 0 Å². The molecule has 4 rings (SSSR count). The van der Waals surface area contributed by atoms with E-state index < -0.39 is 35.6 Å². The third kappa shape index (κ3) is 4.39. The molecule has 5 atom stereocenters. The number of halogens is 1. The molecule has 3 saturated heterocycles. The number of esters is 1. The quantitative estimate of drug-likeness (QED) is 0.284. The first-order valence-corrected chi connectivity index (χ1v) is 12.3. The van der Waals surface area contributed by atoms with Gasteiger partial charge in [0.2, 0.25) is 5.91 Å². The number of carbonyl (C=O) groups excluding carboxylic acids is 3. The highest BCUT2D eigenvalue weighted by atomic mass is 35.5. The molecule has 0 saturated carbocycles. The maximum atomic E-state index is 14.1. The molecular weight excluding hydrogens is 472 g/mol. The Labute approximate surface area is 210 Å². The van der Waals surface area contributed by atoms with E-state index in [2.05, 4.69) is 13.2 Å². The molecule has 2 bridgehead atoms. The SMILES string of the molecule is C=CCCOC(=O)[C@@H]1[C@H]2C(=O)N(CCCO)C(C(=O)N(CC=C)c3ccc(Cl)cc3)C23CC[C@H]1O3. The van der Waals surface area contributed by atoms with E-state index in [1.807, 2.05) is 0 Å². The summed E-state index contributed by atoms with van der Waals surface area (Å²) in [6, 6.07) is 5.93. The van der Waals surface area contributed by atoms with Crippen molar-refractivity contribution in [3.63, 3.8) is 0 Å². The smallest absolute Gasteiger partial charge is 0.312 e. The second kappa shape index (κ2) is 10.5. The van der Waals surface area contributed by atoms with E-state index in [0.29, 0.717) is 36.4 Å². The Hall–Kier alpha value is -2.68. The van der Waals surface area contributed by atoms with Crippen LogP contribution < -0.4 is 4.90 Å². The average Bonchev–Trinajstić information content (AvgIpc) is 3.49. The number of fused-ring (bicyclic) bond motifs is 1. The van der Waals surface area contributed by atoms with Gasteiger partial charge in [-0.05, 0) is 49.9 Å². The number of aliphatic hydroxyl groups is 1. The number of hydrogen-bond donors (Lipinski definition) is 1. The molecule has 1 aromatic rings. The number of rotatable bonds is 11. The van der Waals surface area contributed by atoms with Crippen LogP contribution in [-0.2, 0) is 23.9 Å². The average molecular weight is 503 g/mol. The summed E-state index contributed by atoms with van der Waals surface area (Å²) in [5, 5.41) is 9.99. The van der Waals surface area contributed by atoms with Crippen molar-refractivity contribution in [1.82, 2.24) is 4.90 Å². The lowest BCUT2D eigenvalue weighted by Crippen LogP contribution is -2.56. The Morgan fingerprint density at radius 1 is 1.29 bits per heavy atom. The Morgan fingerprint density at radius 2 is 2.03 bits per heavy atom. The number of aliphatic hydroxyl groups excluding tert-OH is 1. The van der Waals surface area contributed by atoms with Gasteiger partial charge in [0, 0.05) is 30.4 Å². The summed E-state index contributed by atoms with van der Waals surface area (Å²) in [5.41, 5.74) is -0.510. The Morgan fingerprint density at radius 3 is 2.69 bits per heavy atom. The van der Waals surface area contributed by atoms with Crippen LogP contribution in [0.1, 0.15) is 25.7 Å². The topological polar surface area (TPSA) is 96.4 Å². The number of benzene rings is 1. The van der Waals surface area contributed by atoms with Crippen molar-refractivity contribution in [3.8, 4) is 0 Å². The number of amides is 2. The normalized spacial score (nSPS) is 28.6. The number of anilines is 1. The fraction of sp³-hybridized carbons (Fsp3) is 0.500. The highest BCUT2D eigenvalue weighted by molar-refractivity contribution is 6.30. The van der Waals surface area contributed by atoms with Crippen LogP contribution in [-0.4, -0.2) is 71.8 Å². The lowest BCUT2D eigenvalue weighted by molar-refractivity contribution is -0.155. The molecule has 3 fully saturated rings. The zero-order valence-electron chi connectivity index (χ0n) is 19.6. The van der Waals surface area contributed by atoms with Crippen molar-refractivity contribution in [2.24, 2.45) is 11.8 Å². The van der Waals surface area contributed by atoms with Crippen molar-refractivity contribution in [3.05, 3.63) is 54.6 Å². The van der Waals surface area contributed by atoms with Gasteiger partial charge in [-0.15, -0.1) is 13.2 Å². The molecule has 1 N–H and O–H groups in total. The first-order chi connectivity index (χ1) is 16.9. The van der Waals surface area contributed by atoms with Gasteiger partial charge < -0.3 is 24.4 Å². The molecule has 35 heavy (non-hydrogen) atoms. The number of hydrogen-bond acceptors (Lipinski definition) is 6. The van der Waals surface area contributed by atoms with Crippen LogP contribution in [0.5, 0.6) is 0 Å². The third-order valence-corrected chi connectivity index (χ3v) is 7.40. The van der Waals surface area contributed by atoms with Crippen LogP contribution in [0.15, 0.2) is 49.6 Å². The molecule has 0 radical (unpaired) electrons. The molecular formula is C26H31ClN2O6. The number of ether oxygens (including phenoxy) is 2. The van der Waals surface area contributed by atoms with E-state index in [4.69, 9.17) is 21.1 Å². The molecule has 0 aliphatic carbocycles. The predicted octanol–water partition coefficient (Wildman–Crippen LogP) is 2.74. The van der Waals surface area contributed by atoms with Gasteiger partial charge in [-0.3, -0.25) is 14.4 Å². The fourth-order valence-corrected chi connectivity index (χ4v) is 5.87. The van der Waals surface area contributed by atoms with Crippen molar-refractivity contribution in [1.29, 1.82) is 0 Å². The monoisotopic (exact) mass is 502 g/mol. The minimum atomic E-state index is -1.12. The second-order valence-corrected chi connectivity index (χ2v) is 9.56. The minimum Gasteiger partial charge on any atom is -0.465 e. The van der Waals surface area contributed by atoms with Crippen molar-refractivity contribution in [2.45, 2.75) is 43.4 Å². The van der Waals surface area contributed by atoms with Gasteiger partial charge in [0.15, 0.2) is 0 Å². The molecule has 9 heteroatoms. The van der Waals surface area contributed by atoms with Gasteiger partial charge >= 0.3 is 5.97 Å². The summed E-state index contributed by atoms with van der Waals surface area (Å²) < 4.78 is 11.8. The van der Waals surface area contributed by atoms with E-state index in [9.17, 15) is 19.5 Å². The van der Waals surface area contributed by atoms with Gasteiger partial charge in [0.25, 0.3) is 5.91 Å². The second-order valence-electron chi connectivity index (χ2n) is 9.12. The van der Waals surface area contributed by atoms with Crippen molar-refractivity contribution < 1.29 is 29.0 Å². The molecule has 3 heterocycles. The number of nitrogens with zero attached hydrogens (tertiary/aromatic N) is 2. The number of carbonyl (C=O) groups is 3. The van der Waals surface area contributed by atoms with Crippen molar-refractivity contribution in [2.75, 3.05) is 31.2 Å². The summed E-state index contributed by atoms with van der Waals surface area (Å²) in [6.45, 7) is 7.86. The lowest BCUT2D eigenvalue weighted by atomic mass is 9.70. The summed E-state index contributed by atoms with van der Waals surface area (Å²) in [5.74, 6) is -2.67. The van der Waals surface area contributed by atoms with Crippen LogP contribution in [0.4, 0.5) is 5.69 Å². The van der Waals surface area contributed by atoms with Crippen LogP contribution in [0.2, 0.25) is 5.02 Å². The van der Waals surface area contributed by atoms with Gasteiger partial charge in [-0.2, -0.15) is 0 Å². The Balaban J connectivity index is 1.70. The zero-order chi connectivity index (χ0) is 25.2. The number of likely N-dealkylation sites (tertiary alicyclic amines) is 1. The maximum Gasteiger partial charge on any atom is 0.312 e. The van der Waals surface area contributed by atoms with E-state index in [-0.39, 0.29) is 38.1 Å². The highest BCUT2D eigenvalue weighted by Gasteiger charge is 2.75. The summed E-state index contributed by atoms with van der Waals surface area (Å²) in [6.07, 6.45) is 4.66. The predicted molar refractivity (Wildman–Crippen MR) is 131 cm³/mol. The molecule has 3 aliphatic heterocycles. The van der Waals surface area contributed by atoms with Gasteiger partial charge in [-0.25, -0.2) is 0 Å². The summed E-state index contributed by atoms with van der Waals surface area (Å²) in [4.78, 5) is 43.9. The molecule has 2 amide bonds. The van der Waals surface area contributed by atoms with Gasteiger partial charge in [-0.1, -0.05) is 23.8 Å². The van der Waals surface area contributed by atoms with E-state index >= 15 is 0 Å². The molecule has 0 aromatic heterocycles. The fourth-order valence-electron chi connectivity index (χ4n) is 5.74. The summed E-state index contributed by atoms with van der Waals surface area (Å²) >= 11 is 6.04. The van der Waals surface area contributed by atoms with E-state index in [0.717, 1.165) is 0 Å². The largest absolute Gasteiger partial charge is 0.465 e. The minimum absolute atomic E-state index is 0.133. The van der Waals surface area contributed by atoms with Crippen LogP contribution in [0.3, 0.4) is 0 Å². The van der Waals surface area contributed by atoms with E-state index in [1.165, 1.54) is 4.90 Å².